The smallest absolute Gasteiger partial charge is 0.340 e. The van der Waals surface area contributed by atoms with Crippen molar-refractivity contribution in [1.29, 1.82) is 0 Å². The van der Waals surface area contributed by atoms with Crippen LogP contribution in [0.25, 0.3) is 0 Å². The molecule has 0 bridgehead atoms. The Bertz CT molecular complexity index is 616. The van der Waals surface area contributed by atoms with E-state index in [1.807, 2.05) is 0 Å². The summed E-state index contributed by atoms with van der Waals surface area (Å²) in [5, 5.41) is 41.1. The maximum atomic E-state index is 11.1. The van der Waals surface area contributed by atoms with Gasteiger partial charge in [0.2, 0.25) is 0 Å². The summed E-state index contributed by atoms with van der Waals surface area (Å²) in [5.74, 6) is 0.868. The van der Waals surface area contributed by atoms with Gasteiger partial charge in [0, 0.05) is 25.8 Å². The average molecular weight is 364 g/mol. The molecule has 2 aromatic heterocycles. The number of nitrogens with zero attached hydrogens (tertiary/aromatic N) is 4. The molecule has 0 saturated carbocycles. The van der Waals surface area contributed by atoms with Crippen LogP contribution in [0.1, 0.15) is 12.2 Å². The zero-order valence-electron chi connectivity index (χ0n) is 13.2. The van der Waals surface area contributed by atoms with Crippen LogP contribution in [0.15, 0.2) is 18.6 Å². The quantitative estimate of drug-likeness (QED) is 0.264. The van der Waals surface area contributed by atoms with E-state index in [1.54, 1.807) is 22.3 Å². The van der Waals surface area contributed by atoms with E-state index in [0.29, 0.717) is 32.0 Å². The van der Waals surface area contributed by atoms with E-state index in [9.17, 15) is 10.4 Å². The van der Waals surface area contributed by atoms with E-state index in [-0.39, 0.29) is 24.2 Å². The minimum absolute atomic E-state index is 0. The number of quaternary nitrogens is 2. The van der Waals surface area contributed by atoms with Crippen molar-refractivity contribution in [2.75, 3.05) is 13.1 Å². The van der Waals surface area contributed by atoms with Crippen LogP contribution in [0.4, 0.5) is 11.8 Å². The van der Waals surface area contributed by atoms with E-state index in [0.717, 1.165) is 6.42 Å². The van der Waals surface area contributed by atoms with Crippen molar-refractivity contribution in [2.24, 2.45) is 0 Å². The molecule has 24 heavy (non-hydrogen) atoms. The Kier molecular flexibility index (Phi) is 8.24. The first-order valence-corrected chi connectivity index (χ1v) is 7.21. The average Bonchev–Trinajstić information content (AvgIpc) is 3.09. The largest absolute Gasteiger partial charge is 0.594 e. The Morgan fingerprint density at radius 2 is 1.92 bits per heavy atom. The fraction of sp³-hybridized carbons (Fsp3) is 0.500. The predicted molar refractivity (Wildman–Crippen MR) is 85.5 cm³/mol. The first-order chi connectivity index (χ1) is 11.0. The molecule has 2 unspecified atom stereocenters. The number of nitrogens with one attached hydrogen (secondary N) is 3. The Morgan fingerprint density at radius 3 is 2.58 bits per heavy atom. The monoisotopic (exact) mass is 363 g/mol. The number of halogens is 1. The molecular formula is C12H22ClN7O4. The molecule has 0 aliphatic rings. The van der Waals surface area contributed by atoms with Gasteiger partial charge in [0.1, 0.15) is 12.0 Å². The van der Waals surface area contributed by atoms with E-state index in [4.69, 9.17) is 10.4 Å². The molecule has 0 saturated heterocycles. The number of aryl methyl sites for hydroxylation is 2. The van der Waals surface area contributed by atoms with Crippen LogP contribution in [0.5, 0.6) is 0 Å². The van der Waals surface area contributed by atoms with Crippen molar-refractivity contribution < 1.29 is 20.9 Å². The number of imidazole rings is 2. The molecule has 2 rings (SSSR count). The fourth-order valence-corrected chi connectivity index (χ4v) is 2.30. The number of aromatic nitrogens is 4. The minimum Gasteiger partial charge on any atom is -0.594 e. The van der Waals surface area contributed by atoms with Gasteiger partial charge in [0.25, 0.3) is 5.82 Å². The number of hydrogen-bond acceptors (Lipinski definition) is 7. The van der Waals surface area contributed by atoms with E-state index >= 15 is 0 Å². The standard InChI is InChI=1S/C12H21N7O4.ClH/c1-10-15-9-11(18(20)21)17(10)8-4-13-3-2-6-16-7-5-14-12(16)19(22)23;/h5,7,9,13,18-20,22H,2-4,6,8H2,1H3;1H. The minimum atomic E-state index is -1.04. The molecule has 2 aromatic rings. The van der Waals surface area contributed by atoms with E-state index in [1.165, 1.54) is 12.4 Å². The summed E-state index contributed by atoms with van der Waals surface area (Å²) in [4.78, 5) is 7.78. The lowest BCUT2D eigenvalue weighted by molar-refractivity contribution is -0.995. The molecule has 2 heterocycles. The molecule has 5 N–H and O–H groups in total. The van der Waals surface area contributed by atoms with Crippen LogP contribution >= 0.6 is 12.4 Å². The summed E-state index contributed by atoms with van der Waals surface area (Å²) >= 11 is 0. The third kappa shape index (κ3) is 5.22. The Morgan fingerprint density at radius 1 is 1.17 bits per heavy atom. The van der Waals surface area contributed by atoms with Gasteiger partial charge >= 0.3 is 5.95 Å². The van der Waals surface area contributed by atoms with Gasteiger partial charge in [-0.1, -0.05) is 0 Å². The highest BCUT2D eigenvalue weighted by atomic mass is 35.5. The van der Waals surface area contributed by atoms with Gasteiger partial charge in [-0.25, -0.2) is 15.4 Å². The van der Waals surface area contributed by atoms with Crippen LogP contribution in [0.2, 0.25) is 0 Å². The summed E-state index contributed by atoms with van der Waals surface area (Å²) in [6.45, 7) is 4.12. The zero-order chi connectivity index (χ0) is 16.8. The van der Waals surface area contributed by atoms with Gasteiger partial charge in [-0.2, -0.15) is 15.4 Å². The van der Waals surface area contributed by atoms with Gasteiger partial charge in [0.05, 0.1) is 6.20 Å². The van der Waals surface area contributed by atoms with Gasteiger partial charge in [-0.3, -0.25) is 9.13 Å². The molecule has 0 aliphatic heterocycles. The maximum Gasteiger partial charge on any atom is 0.340 e. The van der Waals surface area contributed by atoms with Crippen molar-refractivity contribution in [1.82, 2.24) is 24.4 Å². The molecule has 0 fully saturated rings. The van der Waals surface area contributed by atoms with Crippen molar-refractivity contribution >= 4 is 24.2 Å². The van der Waals surface area contributed by atoms with Gasteiger partial charge in [-0.15, -0.1) is 12.4 Å². The Balaban J connectivity index is 0.00000288. The van der Waals surface area contributed by atoms with Crippen molar-refractivity contribution in [3.05, 3.63) is 34.8 Å². The highest BCUT2D eigenvalue weighted by molar-refractivity contribution is 5.85. The molecule has 0 aliphatic carbocycles. The van der Waals surface area contributed by atoms with Crippen molar-refractivity contribution in [3.63, 3.8) is 0 Å². The van der Waals surface area contributed by atoms with Gasteiger partial charge < -0.3 is 15.7 Å². The highest BCUT2D eigenvalue weighted by Crippen LogP contribution is 2.05. The SMILES string of the molecule is Cc1ncc([NH+]([O-])O)n1CCNCCCn1ccnc1[NH+]([O-])O.Cl. The molecule has 0 radical (unpaired) electrons. The summed E-state index contributed by atoms with van der Waals surface area (Å²) in [7, 11) is 0. The van der Waals surface area contributed by atoms with Crippen LogP contribution in [-0.2, 0) is 13.1 Å². The Hall–Kier alpha value is -1.57. The third-order valence-corrected chi connectivity index (χ3v) is 3.45. The lowest BCUT2D eigenvalue weighted by Crippen LogP contribution is -3.00. The lowest BCUT2D eigenvalue weighted by atomic mass is 10.4. The zero-order valence-corrected chi connectivity index (χ0v) is 14.0. The fourth-order valence-electron chi connectivity index (χ4n) is 2.30. The number of hydrogen-bond donors (Lipinski definition) is 5. The first-order valence-electron chi connectivity index (χ1n) is 7.21. The molecular weight excluding hydrogens is 342 g/mol. The molecule has 0 amide bonds. The van der Waals surface area contributed by atoms with Gasteiger partial charge in [0.15, 0.2) is 0 Å². The second-order valence-electron chi connectivity index (χ2n) is 5.00. The molecule has 136 valence electrons. The van der Waals surface area contributed by atoms with Crippen molar-refractivity contribution in [3.8, 4) is 0 Å². The maximum absolute atomic E-state index is 11.1. The van der Waals surface area contributed by atoms with Crippen LogP contribution < -0.4 is 15.8 Å². The van der Waals surface area contributed by atoms with Crippen molar-refractivity contribution in [2.45, 2.75) is 26.4 Å². The van der Waals surface area contributed by atoms with E-state index in [2.05, 4.69) is 15.3 Å². The summed E-state index contributed by atoms with van der Waals surface area (Å²) in [5.41, 5.74) is 0. The molecule has 0 aromatic carbocycles. The Labute approximate surface area is 144 Å². The van der Waals surface area contributed by atoms with Crippen LogP contribution in [-0.4, -0.2) is 42.6 Å². The van der Waals surface area contributed by atoms with Gasteiger partial charge in [-0.05, 0) is 19.9 Å². The molecule has 0 spiro atoms. The molecule has 2 atom stereocenters. The van der Waals surface area contributed by atoms with Crippen LogP contribution in [0.3, 0.4) is 0 Å². The topological polar surface area (TPSA) is 143 Å². The summed E-state index contributed by atoms with van der Waals surface area (Å²) < 4.78 is 3.24. The lowest BCUT2D eigenvalue weighted by Gasteiger charge is -2.15. The third-order valence-electron chi connectivity index (χ3n) is 3.45. The number of rotatable bonds is 9. The summed E-state index contributed by atoms with van der Waals surface area (Å²) in [6.07, 6.45) is 5.19. The predicted octanol–water partition coefficient (Wildman–Crippen LogP) is -1.70. The van der Waals surface area contributed by atoms with E-state index < -0.39 is 10.5 Å². The second kappa shape index (κ2) is 9.66. The van der Waals surface area contributed by atoms with Crippen LogP contribution in [0, 0.1) is 17.3 Å². The molecule has 11 nitrogen and oxygen atoms in total. The highest BCUT2D eigenvalue weighted by Gasteiger charge is 2.12. The molecule has 12 heteroatoms. The summed E-state index contributed by atoms with van der Waals surface area (Å²) in [6, 6.07) is 0. The normalized spacial score (nSPS) is 13.5. The second-order valence-corrected chi connectivity index (χ2v) is 5.00. The first kappa shape index (κ1) is 20.5.